The third-order valence-electron chi connectivity index (χ3n) is 6.19. The van der Waals surface area contributed by atoms with Gasteiger partial charge >= 0.3 is 0 Å². The molecule has 178 valence electrons. The van der Waals surface area contributed by atoms with E-state index in [2.05, 4.69) is 20.0 Å². The Balaban J connectivity index is 1.69. The van der Waals surface area contributed by atoms with E-state index in [0.717, 1.165) is 57.9 Å². The normalized spacial score (nSPS) is 15.3. The van der Waals surface area contributed by atoms with E-state index in [-0.39, 0.29) is 27.9 Å². The molecule has 0 unspecified atom stereocenters. The summed E-state index contributed by atoms with van der Waals surface area (Å²) in [5.74, 6) is -0.881. The summed E-state index contributed by atoms with van der Waals surface area (Å²) in [5, 5.41) is 4.34. The highest BCUT2D eigenvalue weighted by molar-refractivity contribution is 6.32. The molecule has 9 heteroatoms. The quantitative estimate of drug-likeness (QED) is 0.230. The van der Waals surface area contributed by atoms with E-state index in [1.54, 1.807) is 4.52 Å². The summed E-state index contributed by atoms with van der Waals surface area (Å²) >= 11 is 6.53. The van der Waals surface area contributed by atoms with Crippen molar-refractivity contribution in [1.29, 1.82) is 0 Å². The number of ether oxygens (including phenoxy) is 1. The van der Waals surface area contributed by atoms with Gasteiger partial charge in [0.1, 0.15) is 28.9 Å². The largest absolute Gasteiger partial charge is 0.493 e. The number of aromatic nitrogens is 4. The summed E-state index contributed by atoms with van der Waals surface area (Å²) in [6, 6.07) is 2.45. The average Bonchev–Trinajstić information content (AvgIpc) is 3.05. The van der Waals surface area contributed by atoms with Crippen LogP contribution in [0, 0.1) is 11.6 Å². The number of fused-ring (bicyclic) bond motifs is 1. The molecule has 3 aromatic rings. The molecular weight excluding hydrogens is 448 g/mol. The maximum Gasteiger partial charge on any atom is 0.253 e. The summed E-state index contributed by atoms with van der Waals surface area (Å²) in [4.78, 5) is 10.5. The predicted octanol–water partition coefficient (Wildman–Crippen LogP) is 5.88. The standard InChI is InChI=1S/C24H30ClF2N5O/c1-31(2)11-7-8-12-33-17-13-18(26)20(19(27)14-17)21-22(16-9-5-3-4-6-10-16)32-24(28-15-29-32)30-23(21)25/h13-16H,3-12H2,1-2H3. The van der Waals surface area contributed by atoms with E-state index in [1.807, 2.05) is 14.1 Å². The molecule has 0 saturated heterocycles. The van der Waals surface area contributed by atoms with Gasteiger partial charge in [-0.3, -0.25) is 0 Å². The first-order valence-electron chi connectivity index (χ1n) is 11.6. The molecule has 6 nitrogen and oxygen atoms in total. The van der Waals surface area contributed by atoms with E-state index in [9.17, 15) is 0 Å². The monoisotopic (exact) mass is 477 g/mol. The zero-order valence-electron chi connectivity index (χ0n) is 19.2. The molecule has 1 aliphatic rings. The van der Waals surface area contributed by atoms with Crippen LogP contribution in [0.25, 0.3) is 16.9 Å². The number of unbranched alkanes of at least 4 members (excludes halogenated alkanes) is 1. The van der Waals surface area contributed by atoms with Crippen LogP contribution >= 0.6 is 11.6 Å². The van der Waals surface area contributed by atoms with Crippen molar-refractivity contribution in [2.75, 3.05) is 27.2 Å². The molecule has 1 fully saturated rings. The van der Waals surface area contributed by atoms with Gasteiger partial charge in [0.2, 0.25) is 0 Å². The number of hydrogen-bond acceptors (Lipinski definition) is 5. The van der Waals surface area contributed by atoms with Crippen LogP contribution in [0.4, 0.5) is 8.78 Å². The molecule has 1 aliphatic carbocycles. The van der Waals surface area contributed by atoms with Crippen molar-refractivity contribution in [3.05, 3.63) is 40.9 Å². The van der Waals surface area contributed by atoms with E-state index >= 15 is 8.78 Å². The first-order valence-corrected chi connectivity index (χ1v) is 12.0. The van der Waals surface area contributed by atoms with Crippen LogP contribution in [0.15, 0.2) is 18.5 Å². The first kappa shape index (κ1) is 23.8. The van der Waals surface area contributed by atoms with Gasteiger partial charge in [0.15, 0.2) is 0 Å². The maximum atomic E-state index is 15.4. The molecule has 1 aromatic carbocycles. The average molecular weight is 478 g/mol. The highest BCUT2D eigenvalue weighted by atomic mass is 35.5. The molecule has 0 atom stereocenters. The van der Waals surface area contributed by atoms with Crippen molar-refractivity contribution < 1.29 is 13.5 Å². The van der Waals surface area contributed by atoms with Crippen LogP contribution in [0.5, 0.6) is 5.75 Å². The van der Waals surface area contributed by atoms with Gasteiger partial charge in [-0.25, -0.2) is 13.3 Å². The van der Waals surface area contributed by atoms with E-state index < -0.39 is 11.6 Å². The van der Waals surface area contributed by atoms with Gasteiger partial charge in [0, 0.05) is 23.6 Å². The first-order chi connectivity index (χ1) is 16.0. The lowest BCUT2D eigenvalue weighted by Crippen LogP contribution is -2.14. The van der Waals surface area contributed by atoms with Crippen molar-refractivity contribution in [2.45, 2.75) is 57.3 Å². The third-order valence-corrected chi connectivity index (χ3v) is 6.47. The van der Waals surface area contributed by atoms with Crippen LogP contribution in [0.1, 0.15) is 63.0 Å². The van der Waals surface area contributed by atoms with Crippen LogP contribution in [-0.4, -0.2) is 51.7 Å². The topological polar surface area (TPSA) is 55.5 Å². The number of benzene rings is 1. The van der Waals surface area contributed by atoms with Gasteiger partial charge in [0.05, 0.1) is 17.9 Å². The van der Waals surface area contributed by atoms with Crippen molar-refractivity contribution in [2.24, 2.45) is 0 Å². The number of rotatable bonds is 8. The summed E-state index contributed by atoms with van der Waals surface area (Å²) in [6.45, 7) is 1.33. The predicted molar refractivity (Wildman–Crippen MR) is 125 cm³/mol. The molecule has 1 saturated carbocycles. The molecule has 0 amide bonds. The van der Waals surface area contributed by atoms with Gasteiger partial charge in [0.25, 0.3) is 5.78 Å². The minimum atomic E-state index is -0.726. The summed E-state index contributed by atoms with van der Waals surface area (Å²) in [7, 11) is 4.01. The number of hydrogen-bond donors (Lipinski definition) is 0. The lowest BCUT2D eigenvalue weighted by Gasteiger charge is -2.21. The van der Waals surface area contributed by atoms with Crippen LogP contribution in [-0.2, 0) is 0 Å². The smallest absolute Gasteiger partial charge is 0.253 e. The lowest BCUT2D eigenvalue weighted by molar-refractivity contribution is 0.290. The molecule has 4 rings (SSSR count). The number of halogens is 3. The minimum Gasteiger partial charge on any atom is -0.493 e. The molecular formula is C24H30ClF2N5O. The molecule has 2 aromatic heterocycles. The Kier molecular flexibility index (Phi) is 7.75. The fraction of sp³-hybridized carbons (Fsp3) is 0.542. The third kappa shape index (κ3) is 5.44. The SMILES string of the molecule is CN(C)CCCCOc1cc(F)c(-c2c(Cl)nc3ncnn3c2C2CCCCCC2)c(F)c1. The fourth-order valence-electron chi connectivity index (χ4n) is 4.59. The van der Waals surface area contributed by atoms with Gasteiger partial charge in [-0.1, -0.05) is 37.3 Å². The van der Waals surface area contributed by atoms with Crippen molar-refractivity contribution in [1.82, 2.24) is 24.5 Å². The van der Waals surface area contributed by atoms with Crippen molar-refractivity contribution >= 4 is 17.4 Å². The second-order valence-electron chi connectivity index (χ2n) is 8.94. The maximum absolute atomic E-state index is 15.4. The highest BCUT2D eigenvalue weighted by Crippen LogP contribution is 2.42. The summed E-state index contributed by atoms with van der Waals surface area (Å²) in [5.41, 5.74) is 0.748. The van der Waals surface area contributed by atoms with Crippen LogP contribution < -0.4 is 4.74 Å². The summed E-state index contributed by atoms with van der Waals surface area (Å²) < 4.78 is 37.9. The highest BCUT2D eigenvalue weighted by Gasteiger charge is 2.29. The zero-order valence-corrected chi connectivity index (χ0v) is 19.9. The Bertz CT molecular complexity index is 1070. The molecule has 0 radical (unpaired) electrons. The molecule has 0 bridgehead atoms. The fourth-order valence-corrected chi connectivity index (χ4v) is 4.86. The Hall–Kier alpha value is -2.32. The number of nitrogens with zero attached hydrogens (tertiary/aromatic N) is 5. The van der Waals surface area contributed by atoms with E-state index in [1.165, 1.54) is 18.5 Å². The zero-order chi connectivity index (χ0) is 23.4. The molecule has 33 heavy (non-hydrogen) atoms. The van der Waals surface area contributed by atoms with E-state index in [4.69, 9.17) is 16.3 Å². The second kappa shape index (κ2) is 10.7. The van der Waals surface area contributed by atoms with Gasteiger partial charge in [-0.05, 0) is 46.3 Å². The van der Waals surface area contributed by atoms with Crippen molar-refractivity contribution in [3.63, 3.8) is 0 Å². The van der Waals surface area contributed by atoms with Gasteiger partial charge < -0.3 is 9.64 Å². The Labute approximate surface area is 197 Å². The Morgan fingerprint density at radius 3 is 2.42 bits per heavy atom. The van der Waals surface area contributed by atoms with Gasteiger partial charge in [-0.2, -0.15) is 15.1 Å². The molecule has 0 aliphatic heterocycles. The summed E-state index contributed by atoms with van der Waals surface area (Å²) in [6.07, 6.45) is 9.33. The van der Waals surface area contributed by atoms with E-state index in [0.29, 0.717) is 18.1 Å². The lowest BCUT2D eigenvalue weighted by atomic mass is 9.90. The van der Waals surface area contributed by atoms with Crippen LogP contribution in [0.2, 0.25) is 5.15 Å². The Morgan fingerprint density at radius 2 is 1.76 bits per heavy atom. The molecule has 0 spiro atoms. The minimum absolute atomic E-state index is 0.0323. The second-order valence-corrected chi connectivity index (χ2v) is 9.30. The molecule has 0 N–H and O–H groups in total. The van der Waals surface area contributed by atoms with Crippen LogP contribution in [0.3, 0.4) is 0 Å². The van der Waals surface area contributed by atoms with Crippen molar-refractivity contribution in [3.8, 4) is 16.9 Å². The molecule has 2 heterocycles. The Morgan fingerprint density at radius 1 is 1.06 bits per heavy atom. The van der Waals surface area contributed by atoms with Gasteiger partial charge in [-0.15, -0.1) is 0 Å².